The van der Waals surface area contributed by atoms with Gasteiger partial charge in [0, 0.05) is 6.04 Å². The Morgan fingerprint density at radius 2 is 1.62 bits per heavy atom. The highest BCUT2D eigenvalue weighted by Gasteiger charge is 2.28. The molecule has 1 heteroatoms. The lowest BCUT2D eigenvalue weighted by Gasteiger charge is -2.10. The molecule has 2 aliphatic rings. The maximum absolute atomic E-state index is 2.56. The minimum absolute atomic E-state index is 1.36. The van der Waals surface area contributed by atoms with Gasteiger partial charge in [-0.1, -0.05) is 0 Å². The predicted molar refractivity (Wildman–Crippen MR) is 33.3 cm³/mol. The van der Waals surface area contributed by atoms with Crippen molar-refractivity contribution in [3.05, 3.63) is 6.04 Å². The fourth-order valence-corrected chi connectivity index (χ4v) is 1.82. The molecule has 0 aliphatic carbocycles. The van der Waals surface area contributed by atoms with E-state index in [1.54, 1.807) is 6.04 Å². The largest absolute Gasteiger partial charge is 0.296 e. The number of fused-ring (bicyclic) bond motifs is 1. The molecular formula is C7H12N. The molecule has 0 aromatic carbocycles. The highest BCUT2D eigenvalue weighted by atomic mass is 15.2. The van der Waals surface area contributed by atoms with Gasteiger partial charge in [0.25, 0.3) is 0 Å². The number of rotatable bonds is 0. The van der Waals surface area contributed by atoms with Gasteiger partial charge in [-0.25, -0.2) is 0 Å². The summed E-state index contributed by atoms with van der Waals surface area (Å²) in [5.74, 6) is 0. The molecule has 1 radical (unpaired) electrons. The smallest absolute Gasteiger partial charge is 0.0394 e. The van der Waals surface area contributed by atoms with Crippen LogP contribution in [0.5, 0.6) is 0 Å². The molecule has 0 atom stereocenters. The van der Waals surface area contributed by atoms with Crippen molar-refractivity contribution in [3.8, 4) is 0 Å². The highest BCUT2D eigenvalue weighted by molar-refractivity contribution is 4.99. The van der Waals surface area contributed by atoms with E-state index in [2.05, 4.69) is 4.90 Å². The summed E-state index contributed by atoms with van der Waals surface area (Å²) in [6.07, 6.45) is 5.66. The first kappa shape index (κ1) is 4.80. The minimum atomic E-state index is 1.36. The minimum Gasteiger partial charge on any atom is -0.296 e. The van der Waals surface area contributed by atoms with E-state index in [4.69, 9.17) is 0 Å². The molecule has 0 unspecified atom stereocenters. The van der Waals surface area contributed by atoms with E-state index in [9.17, 15) is 0 Å². The summed E-state index contributed by atoms with van der Waals surface area (Å²) in [5.41, 5.74) is 0. The highest BCUT2D eigenvalue weighted by Crippen LogP contribution is 2.33. The Morgan fingerprint density at radius 1 is 1.00 bits per heavy atom. The Morgan fingerprint density at radius 3 is 2.12 bits per heavy atom. The molecule has 0 aromatic heterocycles. The van der Waals surface area contributed by atoms with Crippen LogP contribution in [0.15, 0.2) is 0 Å². The zero-order valence-electron chi connectivity index (χ0n) is 5.19. The van der Waals surface area contributed by atoms with Crippen molar-refractivity contribution < 1.29 is 0 Å². The summed E-state index contributed by atoms with van der Waals surface area (Å²) in [5, 5.41) is 0. The van der Waals surface area contributed by atoms with Gasteiger partial charge in [-0.2, -0.15) is 0 Å². The van der Waals surface area contributed by atoms with Gasteiger partial charge in [0.05, 0.1) is 0 Å². The maximum Gasteiger partial charge on any atom is 0.0394 e. The van der Waals surface area contributed by atoms with Crippen molar-refractivity contribution in [1.29, 1.82) is 0 Å². The van der Waals surface area contributed by atoms with Gasteiger partial charge in [-0.3, -0.25) is 4.90 Å². The van der Waals surface area contributed by atoms with Gasteiger partial charge in [-0.05, 0) is 38.8 Å². The third kappa shape index (κ3) is 0.576. The van der Waals surface area contributed by atoms with E-state index in [1.165, 1.54) is 38.8 Å². The van der Waals surface area contributed by atoms with E-state index in [0.29, 0.717) is 0 Å². The van der Waals surface area contributed by atoms with E-state index in [-0.39, 0.29) is 0 Å². The molecule has 0 aromatic rings. The van der Waals surface area contributed by atoms with Crippen LogP contribution in [-0.2, 0) is 0 Å². The fourth-order valence-electron chi connectivity index (χ4n) is 1.82. The van der Waals surface area contributed by atoms with E-state index in [1.807, 2.05) is 0 Å². The molecular weight excluding hydrogens is 98.1 g/mol. The van der Waals surface area contributed by atoms with Crippen LogP contribution in [0.25, 0.3) is 0 Å². The molecule has 45 valence electrons. The summed E-state index contributed by atoms with van der Waals surface area (Å²) in [4.78, 5) is 2.56. The van der Waals surface area contributed by atoms with Gasteiger partial charge in [0.2, 0.25) is 0 Å². The molecule has 2 rings (SSSR count). The summed E-state index contributed by atoms with van der Waals surface area (Å²) in [7, 11) is 0. The van der Waals surface area contributed by atoms with Crippen LogP contribution in [0, 0.1) is 6.04 Å². The lowest BCUT2D eigenvalue weighted by molar-refractivity contribution is 0.400. The van der Waals surface area contributed by atoms with Crippen molar-refractivity contribution >= 4 is 0 Å². The Bertz CT molecular complexity index is 70.4. The van der Waals surface area contributed by atoms with Crippen LogP contribution < -0.4 is 0 Å². The Hall–Kier alpha value is -0.0400. The second kappa shape index (κ2) is 1.73. The molecule has 8 heavy (non-hydrogen) atoms. The first-order valence-corrected chi connectivity index (χ1v) is 3.56. The molecule has 2 fully saturated rings. The van der Waals surface area contributed by atoms with E-state index < -0.39 is 0 Å². The normalized spacial score (nSPS) is 31.5. The Labute approximate surface area is 50.7 Å². The monoisotopic (exact) mass is 110 g/mol. The molecule has 0 spiro atoms. The third-order valence-corrected chi connectivity index (χ3v) is 2.23. The summed E-state index contributed by atoms with van der Waals surface area (Å²) in [6.45, 7) is 2.71. The second-order valence-corrected chi connectivity index (χ2v) is 2.76. The fraction of sp³-hybridized carbons (Fsp3) is 0.857. The van der Waals surface area contributed by atoms with Gasteiger partial charge >= 0.3 is 0 Å². The number of nitrogens with zero attached hydrogens (tertiary/aromatic N) is 1. The van der Waals surface area contributed by atoms with Gasteiger partial charge < -0.3 is 0 Å². The first-order valence-electron chi connectivity index (χ1n) is 3.56. The maximum atomic E-state index is 2.56. The number of hydrogen-bond donors (Lipinski definition) is 0. The standard InChI is InChI=1S/C7H12N/c1-3-7-4-2-6-8(7)5-1/h1-6H2. The Kier molecular flexibility index (Phi) is 1.04. The van der Waals surface area contributed by atoms with Crippen molar-refractivity contribution in [2.75, 3.05) is 13.1 Å². The second-order valence-electron chi connectivity index (χ2n) is 2.76. The first-order chi connectivity index (χ1) is 3.97. The van der Waals surface area contributed by atoms with Crippen LogP contribution in [0.2, 0.25) is 0 Å². The molecule has 0 bridgehead atoms. The lowest BCUT2D eigenvalue weighted by Crippen LogP contribution is -2.15. The summed E-state index contributed by atoms with van der Waals surface area (Å²) < 4.78 is 0. The van der Waals surface area contributed by atoms with Gasteiger partial charge in [0.15, 0.2) is 0 Å². The van der Waals surface area contributed by atoms with Crippen LogP contribution in [0.3, 0.4) is 0 Å². The summed E-state index contributed by atoms with van der Waals surface area (Å²) in [6, 6.07) is 1.74. The molecule has 0 N–H and O–H groups in total. The topological polar surface area (TPSA) is 3.24 Å². The van der Waals surface area contributed by atoms with Gasteiger partial charge in [-0.15, -0.1) is 0 Å². The van der Waals surface area contributed by atoms with Crippen molar-refractivity contribution in [3.63, 3.8) is 0 Å². The van der Waals surface area contributed by atoms with Crippen LogP contribution >= 0.6 is 0 Å². The van der Waals surface area contributed by atoms with Crippen molar-refractivity contribution in [2.24, 2.45) is 0 Å². The molecule has 1 nitrogen and oxygen atoms in total. The average molecular weight is 110 g/mol. The van der Waals surface area contributed by atoms with E-state index >= 15 is 0 Å². The predicted octanol–water partition coefficient (Wildman–Crippen LogP) is 1.41. The van der Waals surface area contributed by atoms with Crippen LogP contribution in [0.1, 0.15) is 25.7 Å². The van der Waals surface area contributed by atoms with Crippen LogP contribution in [-0.4, -0.2) is 18.0 Å². The number of hydrogen-bond acceptors (Lipinski definition) is 1. The quantitative estimate of drug-likeness (QED) is 0.455. The zero-order chi connectivity index (χ0) is 5.40. The molecule has 0 amide bonds. The van der Waals surface area contributed by atoms with Crippen molar-refractivity contribution in [1.82, 2.24) is 4.90 Å². The van der Waals surface area contributed by atoms with Crippen molar-refractivity contribution in [2.45, 2.75) is 25.7 Å². The SMILES string of the molecule is C1C[C]2CCCN2C1. The molecule has 2 aliphatic heterocycles. The Balaban J connectivity index is 2.04. The lowest BCUT2D eigenvalue weighted by atomic mass is 10.2. The molecule has 2 heterocycles. The summed E-state index contributed by atoms with van der Waals surface area (Å²) >= 11 is 0. The zero-order valence-corrected chi connectivity index (χ0v) is 5.19. The molecule has 0 saturated carbocycles. The van der Waals surface area contributed by atoms with Crippen LogP contribution in [0.4, 0.5) is 0 Å². The van der Waals surface area contributed by atoms with E-state index in [0.717, 1.165) is 0 Å². The average Bonchev–Trinajstić information content (AvgIpc) is 2.15. The van der Waals surface area contributed by atoms with Gasteiger partial charge in [0.1, 0.15) is 0 Å². The molecule has 2 saturated heterocycles. The third-order valence-electron chi connectivity index (χ3n) is 2.23.